The Balaban J connectivity index is 2.98. The van der Waals surface area contributed by atoms with Crippen LogP contribution in [0.1, 0.15) is 117 Å². The fraction of sp³-hybridized carbons (Fsp3) is 1.00. The Hall–Kier alpha value is -0.0800. The van der Waals surface area contributed by atoms with Gasteiger partial charge in [0.25, 0.3) is 0 Å². The molecular weight excluding hydrogens is 294 g/mol. The van der Waals surface area contributed by atoms with Crippen molar-refractivity contribution in [2.75, 3.05) is 19.8 Å². The minimum Gasteiger partial charge on any atom is -0.381 e. The van der Waals surface area contributed by atoms with E-state index in [4.69, 9.17) is 10.5 Å². The van der Waals surface area contributed by atoms with Crippen molar-refractivity contribution >= 4 is 0 Å². The van der Waals surface area contributed by atoms with Gasteiger partial charge in [0.15, 0.2) is 0 Å². The topological polar surface area (TPSA) is 35.2 Å². The second-order valence-electron chi connectivity index (χ2n) is 7.72. The molecule has 0 rings (SSSR count). The lowest BCUT2D eigenvalue weighted by Crippen LogP contribution is -2.16. The van der Waals surface area contributed by atoms with Crippen LogP contribution in [0.3, 0.4) is 0 Å². The molecule has 0 saturated carbocycles. The van der Waals surface area contributed by atoms with Gasteiger partial charge in [0.1, 0.15) is 0 Å². The van der Waals surface area contributed by atoms with E-state index in [-0.39, 0.29) is 0 Å². The number of ether oxygens (including phenoxy) is 1. The SMILES string of the molecule is CCCCCCCCCCCCCCCCCCOCC(C)CN. The lowest BCUT2D eigenvalue weighted by atomic mass is 10.0. The first kappa shape index (κ1) is 23.9. The molecule has 0 fully saturated rings. The van der Waals surface area contributed by atoms with Gasteiger partial charge in [0.05, 0.1) is 6.61 Å². The molecule has 0 heterocycles. The lowest BCUT2D eigenvalue weighted by molar-refractivity contribution is 0.103. The van der Waals surface area contributed by atoms with Crippen molar-refractivity contribution in [3.05, 3.63) is 0 Å². The van der Waals surface area contributed by atoms with Crippen LogP contribution in [0.5, 0.6) is 0 Å². The normalized spacial score (nSPS) is 12.6. The average molecular weight is 342 g/mol. The van der Waals surface area contributed by atoms with Crippen molar-refractivity contribution in [2.24, 2.45) is 11.7 Å². The summed E-state index contributed by atoms with van der Waals surface area (Å²) in [6.07, 6.45) is 22.7. The maximum absolute atomic E-state index is 5.63. The third-order valence-electron chi connectivity index (χ3n) is 4.95. The summed E-state index contributed by atoms with van der Waals surface area (Å²) in [5.74, 6) is 0.506. The van der Waals surface area contributed by atoms with Crippen molar-refractivity contribution in [1.82, 2.24) is 0 Å². The summed E-state index contributed by atoms with van der Waals surface area (Å²) in [7, 11) is 0. The predicted octanol–water partition coefficient (Wildman–Crippen LogP) is 6.86. The molecule has 0 aromatic carbocycles. The second-order valence-corrected chi connectivity index (χ2v) is 7.72. The summed E-state index contributed by atoms with van der Waals surface area (Å²) < 4.78 is 5.63. The highest BCUT2D eigenvalue weighted by molar-refractivity contribution is 4.51. The van der Waals surface area contributed by atoms with E-state index in [1.165, 1.54) is 103 Å². The van der Waals surface area contributed by atoms with Crippen molar-refractivity contribution in [3.8, 4) is 0 Å². The molecule has 0 spiro atoms. The van der Waals surface area contributed by atoms with E-state index in [1.807, 2.05) is 0 Å². The summed E-state index contributed by atoms with van der Waals surface area (Å²) in [5, 5.41) is 0. The van der Waals surface area contributed by atoms with Crippen molar-refractivity contribution in [1.29, 1.82) is 0 Å². The van der Waals surface area contributed by atoms with Crippen LogP contribution in [-0.2, 0) is 4.74 Å². The van der Waals surface area contributed by atoms with Crippen LogP contribution in [0, 0.1) is 5.92 Å². The quantitative estimate of drug-likeness (QED) is 0.245. The molecule has 0 aromatic rings. The summed E-state index contributed by atoms with van der Waals surface area (Å²) >= 11 is 0. The molecule has 24 heavy (non-hydrogen) atoms. The van der Waals surface area contributed by atoms with E-state index in [9.17, 15) is 0 Å². The summed E-state index contributed by atoms with van der Waals surface area (Å²) in [6.45, 7) is 6.92. The van der Waals surface area contributed by atoms with Gasteiger partial charge in [-0.25, -0.2) is 0 Å². The van der Waals surface area contributed by atoms with Crippen LogP contribution in [0.15, 0.2) is 0 Å². The molecule has 0 aromatic heterocycles. The second kappa shape index (κ2) is 21.0. The summed E-state index contributed by atoms with van der Waals surface area (Å²) in [6, 6.07) is 0. The first-order chi connectivity index (χ1) is 11.8. The molecule has 2 heteroatoms. The fourth-order valence-electron chi connectivity index (χ4n) is 3.10. The molecule has 1 atom stereocenters. The van der Waals surface area contributed by atoms with Gasteiger partial charge in [0, 0.05) is 6.61 Å². The zero-order valence-electron chi connectivity index (χ0n) is 17.0. The Bertz CT molecular complexity index is 220. The van der Waals surface area contributed by atoms with Gasteiger partial charge in [-0.2, -0.15) is 0 Å². The van der Waals surface area contributed by atoms with Gasteiger partial charge in [-0.3, -0.25) is 0 Å². The maximum Gasteiger partial charge on any atom is 0.0503 e. The Labute approximate surface area is 153 Å². The highest BCUT2D eigenvalue weighted by Crippen LogP contribution is 2.13. The Morgan fingerprint density at radius 1 is 0.625 bits per heavy atom. The Kier molecular flexibility index (Phi) is 20.9. The minimum atomic E-state index is 0.506. The predicted molar refractivity (Wildman–Crippen MR) is 109 cm³/mol. The highest BCUT2D eigenvalue weighted by Gasteiger charge is 1.98. The number of rotatable bonds is 20. The monoisotopic (exact) mass is 341 g/mol. The van der Waals surface area contributed by atoms with Gasteiger partial charge in [-0.05, 0) is 18.9 Å². The van der Waals surface area contributed by atoms with E-state index in [0.29, 0.717) is 5.92 Å². The maximum atomic E-state index is 5.63. The van der Waals surface area contributed by atoms with Gasteiger partial charge in [0.2, 0.25) is 0 Å². The fourth-order valence-corrected chi connectivity index (χ4v) is 3.10. The van der Waals surface area contributed by atoms with Gasteiger partial charge < -0.3 is 10.5 Å². The zero-order valence-corrected chi connectivity index (χ0v) is 17.0. The smallest absolute Gasteiger partial charge is 0.0503 e. The molecule has 0 bridgehead atoms. The molecule has 1 unspecified atom stereocenters. The van der Waals surface area contributed by atoms with Gasteiger partial charge in [-0.1, -0.05) is 110 Å². The Morgan fingerprint density at radius 2 is 1.00 bits per heavy atom. The number of hydrogen-bond acceptors (Lipinski definition) is 2. The van der Waals surface area contributed by atoms with Crippen LogP contribution in [0.4, 0.5) is 0 Å². The molecule has 0 aliphatic heterocycles. The van der Waals surface area contributed by atoms with E-state index >= 15 is 0 Å². The van der Waals surface area contributed by atoms with Crippen molar-refractivity contribution in [3.63, 3.8) is 0 Å². The molecule has 0 radical (unpaired) electrons. The van der Waals surface area contributed by atoms with E-state index in [2.05, 4.69) is 13.8 Å². The first-order valence-corrected chi connectivity index (χ1v) is 11.1. The number of hydrogen-bond donors (Lipinski definition) is 1. The highest BCUT2D eigenvalue weighted by atomic mass is 16.5. The molecule has 2 N–H and O–H groups in total. The third-order valence-corrected chi connectivity index (χ3v) is 4.95. The number of nitrogens with two attached hydrogens (primary N) is 1. The largest absolute Gasteiger partial charge is 0.381 e. The lowest BCUT2D eigenvalue weighted by Gasteiger charge is -2.09. The number of unbranched alkanes of at least 4 members (excludes halogenated alkanes) is 15. The van der Waals surface area contributed by atoms with Gasteiger partial charge in [-0.15, -0.1) is 0 Å². The van der Waals surface area contributed by atoms with E-state index in [0.717, 1.165) is 19.8 Å². The zero-order chi connectivity index (χ0) is 17.7. The van der Waals surface area contributed by atoms with Crippen molar-refractivity contribution < 1.29 is 4.74 Å². The minimum absolute atomic E-state index is 0.506. The molecule has 0 saturated heterocycles. The van der Waals surface area contributed by atoms with E-state index in [1.54, 1.807) is 0 Å². The molecule has 2 nitrogen and oxygen atoms in total. The standard InChI is InChI=1S/C22H47NO/c1-3-4-5-6-7-8-9-10-11-12-13-14-15-16-17-18-19-24-21-22(2)20-23/h22H,3-21,23H2,1-2H3. The van der Waals surface area contributed by atoms with Crippen LogP contribution in [0.25, 0.3) is 0 Å². The third kappa shape index (κ3) is 20.0. The Morgan fingerprint density at radius 3 is 1.38 bits per heavy atom. The first-order valence-electron chi connectivity index (χ1n) is 11.1. The summed E-state index contributed by atoms with van der Waals surface area (Å²) in [5.41, 5.74) is 5.57. The van der Waals surface area contributed by atoms with E-state index < -0.39 is 0 Å². The molecular formula is C22H47NO. The van der Waals surface area contributed by atoms with Crippen LogP contribution in [0.2, 0.25) is 0 Å². The van der Waals surface area contributed by atoms with Crippen molar-refractivity contribution in [2.45, 2.75) is 117 Å². The molecule has 0 aliphatic rings. The molecule has 146 valence electrons. The van der Waals surface area contributed by atoms with Crippen LogP contribution < -0.4 is 5.73 Å². The van der Waals surface area contributed by atoms with Crippen LogP contribution in [-0.4, -0.2) is 19.8 Å². The van der Waals surface area contributed by atoms with Crippen LogP contribution >= 0.6 is 0 Å². The summed E-state index contributed by atoms with van der Waals surface area (Å²) in [4.78, 5) is 0. The average Bonchev–Trinajstić information content (AvgIpc) is 2.60. The molecule has 0 aliphatic carbocycles. The molecule has 0 amide bonds. The van der Waals surface area contributed by atoms with Gasteiger partial charge >= 0.3 is 0 Å².